The van der Waals surface area contributed by atoms with E-state index in [-0.39, 0.29) is 16.9 Å². The average molecular weight is 317 g/mol. The van der Waals surface area contributed by atoms with E-state index in [1.807, 2.05) is 0 Å². The summed E-state index contributed by atoms with van der Waals surface area (Å²) in [6, 6.07) is 5.14. The van der Waals surface area contributed by atoms with Crippen molar-refractivity contribution >= 4 is 17.9 Å². The molecule has 1 aromatic rings. The fourth-order valence-electron chi connectivity index (χ4n) is 1.70. The number of benzene rings is 1. The van der Waals surface area contributed by atoms with Gasteiger partial charge in [0.25, 0.3) is 0 Å². The van der Waals surface area contributed by atoms with Gasteiger partial charge in [-0.2, -0.15) is 0 Å². The fraction of sp³-hybridized carbons (Fsp3) is 0.562. The molecule has 0 aliphatic carbocycles. The number of carbonyl (C=O) groups is 1. The van der Waals surface area contributed by atoms with Gasteiger partial charge in [0.1, 0.15) is 12.1 Å². The molecule has 3 nitrogen and oxygen atoms in total. The summed E-state index contributed by atoms with van der Waals surface area (Å²) in [5.74, 6) is -0.330. The van der Waals surface area contributed by atoms with Crippen molar-refractivity contribution in [2.45, 2.75) is 45.7 Å². The summed E-state index contributed by atoms with van der Waals surface area (Å²) in [5, 5.41) is 6.07. The molecule has 0 aromatic heterocycles. The van der Waals surface area contributed by atoms with Crippen LogP contribution < -0.4 is 10.6 Å². The molecule has 0 spiro atoms. The van der Waals surface area contributed by atoms with Crippen LogP contribution in [0.15, 0.2) is 18.2 Å². The zero-order chi connectivity index (χ0) is 16.1. The van der Waals surface area contributed by atoms with Crippen LogP contribution in [0.3, 0.4) is 0 Å². The van der Waals surface area contributed by atoms with E-state index in [4.69, 9.17) is 11.6 Å². The van der Waals surface area contributed by atoms with Crippen LogP contribution in [0.4, 0.5) is 4.39 Å². The van der Waals surface area contributed by atoms with Gasteiger partial charge in [-0.3, -0.25) is 0 Å². The highest BCUT2D eigenvalue weighted by atomic mass is 35.5. The van der Waals surface area contributed by atoms with Crippen molar-refractivity contribution in [3.8, 4) is 0 Å². The molecule has 1 heterocycles. The lowest BCUT2D eigenvalue weighted by Gasteiger charge is -2.01. The molecule has 1 atom stereocenters. The van der Waals surface area contributed by atoms with Gasteiger partial charge in [-0.05, 0) is 32.5 Å². The van der Waals surface area contributed by atoms with Gasteiger partial charge in [-0.25, -0.2) is 4.39 Å². The number of hydrogen-bond donors (Lipinski definition) is 2. The zero-order valence-corrected chi connectivity index (χ0v) is 13.8. The monoisotopic (exact) mass is 316 g/mol. The highest BCUT2D eigenvalue weighted by Crippen LogP contribution is 2.17. The SMILES string of the molecule is CCC.CNCc1cccc(Cl)c1F.O=CC1CCCN1. The molecular formula is C16H26ClFN2O. The third-order valence-electron chi connectivity index (χ3n) is 2.66. The lowest BCUT2D eigenvalue weighted by atomic mass is 10.2. The van der Waals surface area contributed by atoms with Gasteiger partial charge in [-0.1, -0.05) is 44.0 Å². The third-order valence-corrected chi connectivity index (χ3v) is 2.95. The number of rotatable bonds is 3. The molecule has 1 saturated heterocycles. The van der Waals surface area contributed by atoms with Gasteiger partial charge >= 0.3 is 0 Å². The van der Waals surface area contributed by atoms with Crippen LogP contribution in [-0.4, -0.2) is 25.9 Å². The Labute approximate surface area is 132 Å². The third kappa shape index (κ3) is 8.81. The average Bonchev–Trinajstić information content (AvgIpc) is 2.99. The maximum atomic E-state index is 13.0. The molecule has 1 unspecified atom stereocenters. The van der Waals surface area contributed by atoms with Crippen LogP contribution in [0.1, 0.15) is 38.7 Å². The molecule has 2 rings (SSSR count). The molecule has 1 aliphatic heterocycles. The number of nitrogens with one attached hydrogen (secondary N) is 2. The van der Waals surface area contributed by atoms with Gasteiger partial charge in [0.15, 0.2) is 0 Å². The lowest BCUT2D eigenvalue weighted by molar-refractivity contribution is -0.109. The largest absolute Gasteiger partial charge is 0.316 e. The van der Waals surface area contributed by atoms with Gasteiger partial charge in [-0.15, -0.1) is 0 Å². The Balaban J connectivity index is 0.000000342. The quantitative estimate of drug-likeness (QED) is 0.838. The molecule has 2 N–H and O–H groups in total. The molecule has 0 saturated carbocycles. The smallest absolute Gasteiger partial charge is 0.146 e. The van der Waals surface area contributed by atoms with Crippen molar-refractivity contribution in [1.29, 1.82) is 0 Å². The van der Waals surface area contributed by atoms with Crippen LogP contribution in [0.5, 0.6) is 0 Å². The predicted octanol–water partition coefficient (Wildman–Crippen LogP) is 3.55. The minimum atomic E-state index is -0.330. The van der Waals surface area contributed by atoms with Crippen molar-refractivity contribution in [2.75, 3.05) is 13.6 Å². The first-order valence-electron chi connectivity index (χ1n) is 7.36. The van der Waals surface area contributed by atoms with E-state index in [2.05, 4.69) is 24.5 Å². The highest BCUT2D eigenvalue weighted by Gasteiger charge is 2.10. The van der Waals surface area contributed by atoms with E-state index in [0.29, 0.717) is 12.1 Å². The summed E-state index contributed by atoms with van der Waals surface area (Å²) >= 11 is 5.55. The molecule has 21 heavy (non-hydrogen) atoms. The Morgan fingerprint density at radius 1 is 1.48 bits per heavy atom. The van der Waals surface area contributed by atoms with Crippen molar-refractivity contribution < 1.29 is 9.18 Å². The second-order valence-electron chi connectivity index (χ2n) is 4.79. The predicted molar refractivity (Wildman–Crippen MR) is 87.2 cm³/mol. The number of carbonyl (C=O) groups excluding carboxylic acids is 1. The van der Waals surface area contributed by atoms with E-state index in [1.165, 1.54) is 12.5 Å². The van der Waals surface area contributed by atoms with E-state index in [1.54, 1.807) is 19.2 Å². The van der Waals surface area contributed by atoms with E-state index < -0.39 is 0 Å². The minimum Gasteiger partial charge on any atom is -0.316 e. The first-order valence-corrected chi connectivity index (χ1v) is 7.74. The molecule has 0 amide bonds. The van der Waals surface area contributed by atoms with Crippen molar-refractivity contribution in [3.63, 3.8) is 0 Å². The molecule has 120 valence electrons. The topological polar surface area (TPSA) is 41.1 Å². The highest BCUT2D eigenvalue weighted by molar-refractivity contribution is 6.30. The number of aldehydes is 1. The summed E-state index contributed by atoms with van der Waals surface area (Å²) in [4.78, 5) is 9.94. The molecule has 1 fully saturated rings. The van der Waals surface area contributed by atoms with Crippen LogP contribution in [0.2, 0.25) is 5.02 Å². The summed E-state index contributed by atoms with van der Waals surface area (Å²) in [6.07, 6.45) is 4.42. The van der Waals surface area contributed by atoms with E-state index in [9.17, 15) is 9.18 Å². The van der Waals surface area contributed by atoms with Gasteiger partial charge in [0.2, 0.25) is 0 Å². The van der Waals surface area contributed by atoms with E-state index >= 15 is 0 Å². The molecule has 0 bridgehead atoms. The molecule has 5 heteroatoms. The molecule has 1 aliphatic rings. The summed E-state index contributed by atoms with van der Waals surface area (Å²) in [6.45, 7) is 5.77. The van der Waals surface area contributed by atoms with Gasteiger partial charge in [0, 0.05) is 12.1 Å². The fourth-order valence-corrected chi connectivity index (χ4v) is 1.90. The van der Waals surface area contributed by atoms with Crippen molar-refractivity contribution in [1.82, 2.24) is 10.6 Å². The first-order chi connectivity index (χ1) is 10.1. The number of hydrogen-bond acceptors (Lipinski definition) is 3. The Morgan fingerprint density at radius 2 is 2.14 bits per heavy atom. The van der Waals surface area contributed by atoms with Crippen molar-refractivity contribution in [3.05, 3.63) is 34.6 Å². The second kappa shape index (κ2) is 12.7. The van der Waals surface area contributed by atoms with Crippen LogP contribution in [-0.2, 0) is 11.3 Å². The van der Waals surface area contributed by atoms with Gasteiger partial charge < -0.3 is 15.4 Å². The molecule has 1 aromatic carbocycles. The maximum absolute atomic E-state index is 13.0. The number of halogens is 2. The van der Waals surface area contributed by atoms with E-state index in [0.717, 1.165) is 25.7 Å². The Hall–Kier alpha value is -0.970. The van der Waals surface area contributed by atoms with Crippen molar-refractivity contribution in [2.24, 2.45) is 0 Å². The lowest BCUT2D eigenvalue weighted by Crippen LogP contribution is -2.21. The minimum absolute atomic E-state index is 0.167. The summed E-state index contributed by atoms with van der Waals surface area (Å²) < 4.78 is 13.0. The molecule has 0 radical (unpaired) electrons. The normalized spacial score (nSPS) is 16.3. The Kier molecular flexibility index (Phi) is 12.2. The molecular weight excluding hydrogens is 291 g/mol. The second-order valence-corrected chi connectivity index (χ2v) is 5.20. The summed E-state index contributed by atoms with van der Waals surface area (Å²) in [7, 11) is 1.76. The van der Waals surface area contributed by atoms with Gasteiger partial charge in [0.05, 0.1) is 11.1 Å². The Morgan fingerprint density at radius 3 is 2.57 bits per heavy atom. The summed E-state index contributed by atoms with van der Waals surface area (Å²) in [5.41, 5.74) is 0.597. The van der Waals surface area contributed by atoms with Crippen LogP contribution in [0.25, 0.3) is 0 Å². The Bertz CT molecular complexity index is 396. The van der Waals surface area contributed by atoms with Crippen LogP contribution in [0, 0.1) is 5.82 Å². The standard InChI is InChI=1S/C8H9ClFN.C5H9NO.C3H8/c1-11-5-6-3-2-4-7(9)8(6)10;7-4-5-2-1-3-6-5;1-3-2/h2-4,11H,5H2,1H3;4-6H,1-3H2;3H2,1-2H3. The van der Waals surface area contributed by atoms with Crippen LogP contribution >= 0.6 is 11.6 Å². The zero-order valence-electron chi connectivity index (χ0n) is 13.1. The maximum Gasteiger partial charge on any atom is 0.146 e. The first kappa shape index (κ1) is 20.0.